The molecule has 2 N–H and O–H groups in total. The summed E-state index contributed by atoms with van der Waals surface area (Å²) in [4.78, 5) is 0. The molecule has 0 fully saturated rings. The van der Waals surface area contributed by atoms with Crippen LogP contribution in [0.15, 0.2) is 36.7 Å². The number of aliphatic hydroxyl groups is 1. The molecule has 5 heteroatoms. The molecule has 0 aliphatic carbocycles. The van der Waals surface area contributed by atoms with Crippen molar-refractivity contribution >= 4 is 0 Å². The molecule has 4 nitrogen and oxygen atoms in total. The Balaban J connectivity index is 2.08. The number of halogens is 1. The van der Waals surface area contributed by atoms with Gasteiger partial charge in [-0.1, -0.05) is 25.1 Å². The highest BCUT2D eigenvalue weighted by Gasteiger charge is 2.26. The van der Waals surface area contributed by atoms with Crippen LogP contribution in [-0.2, 0) is 12.6 Å². The monoisotopic (exact) mass is 291 g/mol. The third kappa shape index (κ3) is 3.68. The lowest BCUT2D eigenvalue weighted by molar-refractivity contribution is 0.0534. The van der Waals surface area contributed by atoms with Crippen molar-refractivity contribution in [1.82, 2.24) is 15.1 Å². The second-order valence-electron chi connectivity index (χ2n) is 5.54. The van der Waals surface area contributed by atoms with E-state index < -0.39 is 5.60 Å². The van der Waals surface area contributed by atoms with Crippen molar-refractivity contribution in [3.8, 4) is 0 Å². The molecule has 0 spiro atoms. The Bertz CT molecular complexity index is 595. The van der Waals surface area contributed by atoms with Gasteiger partial charge in [-0.05, 0) is 19.4 Å². The standard InChI is InChI=1S/C16H22FN3O/c1-4-15(13-7-5-6-8-14(13)17)18-11-16(2,21)12-9-19-20(3)10-12/h5-10,15,18,21H,4,11H2,1-3H3. The number of hydrogen-bond donors (Lipinski definition) is 2. The molecule has 21 heavy (non-hydrogen) atoms. The molecule has 2 atom stereocenters. The van der Waals surface area contributed by atoms with Crippen molar-refractivity contribution in [2.75, 3.05) is 6.54 Å². The van der Waals surface area contributed by atoms with Gasteiger partial charge in [0.05, 0.1) is 6.20 Å². The maximum atomic E-state index is 13.9. The number of nitrogens with one attached hydrogen (secondary N) is 1. The van der Waals surface area contributed by atoms with Crippen LogP contribution in [0.2, 0.25) is 0 Å². The number of nitrogens with zero attached hydrogens (tertiary/aromatic N) is 2. The Kier molecular flexibility index (Phi) is 4.75. The molecule has 0 amide bonds. The Morgan fingerprint density at radius 3 is 2.71 bits per heavy atom. The summed E-state index contributed by atoms with van der Waals surface area (Å²) >= 11 is 0. The molecular formula is C16H22FN3O. The first-order valence-electron chi connectivity index (χ1n) is 7.13. The molecule has 2 aromatic rings. The predicted molar refractivity (Wildman–Crippen MR) is 80.2 cm³/mol. The summed E-state index contributed by atoms with van der Waals surface area (Å²) in [5, 5.41) is 17.9. The van der Waals surface area contributed by atoms with Gasteiger partial charge in [-0.25, -0.2) is 4.39 Å². The van der Waals surface area contributed by atoms with Gasteiger partial charge in [-0.15, -0.1) is 0 Å². The van der Waals surface area contributed by atoms with Crippen LogP contribution in [0.1, 0.15) is 37.4 Å². The lowest BCUT2D eigenvalue weighted by Crippen LogP contribution is -2.37. The zero-order valence-corrected chi connectivity index (χ0v) is 12.7. The normalized spacial score (nSPS) is 15.7. The van der Waals surface area contributed by atoms with E-state index in [2.05, 4.69) is 10.4 Å². The highest BCUT2D eigenvalue weighted by Crippen LogP contribution is 2.23. The maximum Gasteiger partial charge on any atom is 0.127 e. The summed E-state index contributed by atoms with van der Waals surface area (Å²) in [6.45, 7) is 4.04. The minimum atomic E-state index is -1.05. The Morgan fingerprint density at radius 2 is 2.14 bits per heavy atom. The van der Waals surface area contributed by atoms with E-state index in [-0.39, 0.29) is 11.9 Å². The third-order valence-electron chi connectivity index (χ3n) is 3.71. The van der Waals surface area contributed by atoms with Crippen LogP contribution < -0.4 is 5.32 Å². The third-order valence-corrected chi connectivity index (χ3v) is 3.71. The Hall–Kier alpha value is -1.72. The fraction of sp³-hybridized carbons (Fsp3) is 0.438. The molecule has 0 saturated carbocycles. The first-order valence-corrected chi connectivity index (χ1v) is 7.13. The number of rotatable bonds is 6. The average Bonchev–Trinajstić information content (AvgIpc) is 2.89. The minimum absolute atomic E-state index is 0.130. The van der Waals surface area contributed by atoms with Gasteiger partial charge < -0.3 is 10.4 Å². The topological polar surface area (TPSA) is 50.1 Å². The van der Waals surface area contributed by atoms with Gasteiger partial charge in [0.1, 0.15) is 11.4 Å². The van der Waals surface area contributed by atoms with Gasteiger partial charge in [0, 0.05) is 37.0 Å². The van der Waals surface area contributed by atoms with Crippen molar-refractivity contribution < 1.29 is 9.50 Å². The van der Waals surface area contributed by atoms with Crippen molar-refractivity contribution in [2.24, 2.45) is 7.05 Å². The average molecular weight is 291 g/mol. The first kappa shape index (κ1) is 15.7. The van der Waals surface area contributed by atoms with Crippen LogP contribution in [-0.4, -0.2) is 21.4 Å². The van der Waals surface area contributed by atoms with Crippen molar-refractivity contribution in [2.45, 2.75) is 31.9 Å². The molecule has 1 heterocycles. The number of aromatic nitrogens is 2. The SMILES string of the molecule is CCC(NCC(C)(O)c1cnn(C)c1)c1ccccc1F. The van der Waals surface area contributed by atoms with Crippen LogP contribution in [0.5, 0.6) is 0 Å². The van der Waals surface area contributed by atoms with E-state index >= 15 is 0 Å². The van der Waals surface area contributed by atoms with Gasteiger partial charge in [-0.2, -0.15) is 5.10 Å². The molecule has 2 rings (SSSR count). The summed E-state index contributed by atoms with van der Waals surface area (Å²) < 4.78 is 15.5. The summed E-state index contributed by atoms with van der Waals surface area (Å²) in [6.07, 6.45) is 4.17. The molecule has 2 unspecified atom stereocenters. The molecular weight excluding hydrogens is 269 g/mol. The molecule has 0 bridgehead atoms. The van der Waals surface area contributed by atoms with Crippen LogP contribution in [0.25, 0.3) is 0 Å². The van der Waals surface area contributed by atoms with Crippen LogP contribution in [0, 0.1) is 5.82 Å². The smallest absolute Gasteiger partial charge is 0.127 e. The molecule has 0 radical (unpaired) electrons. The largest absolute Gasteiger partial charge is 0.384 e. The van der Waals surface area contributed by atoms with Gasteiger partial charge in [0.2, 0.25) is 0 Å². The van der Waals surface area contributed by atoms with Gasteiger partial charge in [0.15, 0.2) is 0 Å². The van der Waals surface area contributed by atoms with Crippen molar-refractivity contribution in [1.29, 1.82) is 0 Å². The molecule has 0 aliphatic heterocycles. The second-order valence-corrected chi connectivity index (χ2v) is 5.54. The van der Waals surface area contributed by atoms with Crippen molar-refractivity contribution in [3.63, 3.8) is 0 Å². The Morgan fingerprint density at radius 1 is 1.43 bits per heavy atom. The molecule has 114 valence electrons. The van der Waals surface area contributed by atoms with E-state index in [1.807, 2.05) is 13.0 Å². The second kappa shape index (κ2) is 6.37. The molecule has 1 aromatic carbocycles. The van der Waals surface area contributed by atoms with Crippen LogP contribution in [0.3, 0.4) is 0 Å². The predicted octanol–water partition coefficient (Wildman–Crippen LogP) is 2.51. The first-order chi connectivity index (χ1) is 9.94. The quantitative estimate of drug-likeness (QED) is 0.860. The Labute approximate surface area is 124 Å². The number of hydrogen-bond acceptors (Lipinski definition) is 3. The van der Waals surface area contributed by atoms with E-state index in [1.165, 1.54) is 6.07 Å². The molecule has 0 saturated heterocycles. The zero-order valence-electron chi connectivity index (χ0n) is 12.7. The lowest BCUT2D eigenvalue weighted by atomic mass is 9.97. The fourth-order valence-electron chi connectivity index (χ4n) is 2.36. The summed E-state index contributed by atoms with van der Waals surface area (Å²) in [6, 6.07) is 6.60. The highest BCUT2D eigenvalue weighted by molar-refractivity contribution is 5.21. The van der Waals surface area contributed by atoms with Crippen LogP contribution in [0.4, 0.5) is 4.39 Å². The van der Waals surface area contributed by atoms with Gasteiger partial charge in [-0.3, -0.25) is 4.68 Å². The lowest BCUT2D eigenvalue weighted by Gasteiger charge is -2.26. The zero-order chi connectivity index (χ0) is 15.5. The summed E-state index contributed by atoms with van der Waals surface area (Å²) in [7, 11) is 1.81. The van der Waals surface area contributed by atoms with E-state index in [1.54, 1.807) is 43.2 Å². The minimum Gasteiger partial charge on any atom is -0.384 e. The van der Waals surface area contributed by atoms with Gasteiger partial charge in [0.25, 0.3) is 0 Å². The highest BCUT2D eigenvalue weighted by atomic mass is 19.1. The van der Waals surface area contributed by atoms with E-state index in [4.69, 9.17) is 0 Å². The molecule has 1 aromatic heterocycles. The number of benzene rings is 1. The van der Waals surface area contributed by atoms with Crippen LogP contribution >= 0.6 is 0 Å². The maximum absolute atomic E-state index is 13.9. The number of aryl methyl sites for hydroxylation is 1. The molecule has 0 aliphatic rings. The van der Waals surface area contributed by atoms with Crippen molar-refractivity contribution in [3.05, 3.63) is 53.6 Å². The summed E-state index contributed by atoms with van der Waals surface area (Å²) in [5.74, 6) is -0.224. The van der Waals surface area contributed by atoms with Gasteiger partial charge >= 0.3 is 0 Å². The fourth-order valence-corrected chi connectivity index (χ4v) is 2.36. The van der Waals surface area contributed by atoms with E-state index in [9.17, 15) is 9.50 Å². The van der Waals surface area contributed by atoms with E-state index in [0.29, 0.717) is 12.1 Å². The summed E-state index contributed by atoms with van der Waals surface area (Å²) in [5.41, 5.74) is 0.315. The van der Waals surface area contributed by atoms with E-state index in [0.717, 1.165) is 12.0 Å².